The van der Waals surface area contributed by atoms with Crippen molar-refractivity contribution >= 4 is 29.1 Å². The third kappa shape index (κ3) is 4.56. The summed E-state index contributed by atoms with van der Waals surface area (Å²) in [7, 11) is 0. The number of benzene rings is 4. The number of fused-ring (bicyclic) bond motifs is 5. The maximum Gasteiger partial charge on any atom is 0.223 e. The molecule has 1 aromatic heterocycles. The second-order valence-corrected chi connectivity index (χ2v) is 13.0. The number of hydrogen-bond donors (Lipinski definition) is 0. The van der Waals surface area contributed by atoms with Gasteiger partial charge in [-0.1, -0.05) is 87.2 Å². The third-order valence-corrected chi connectivity index (χ3v) is 9.93. The van der Waals surface area contributed by atoms with E-state index in [-0.39, 0.29) is 5.41 Å². The lowest BCUT2D eigenvalue weighted by Gasteiger charge is -2.23. The van der Waals surface area contributed by atoms with Crippen molar-refractivity contribution in [2.75, 3.05) is 0 Å². The Kier molecular flexibility index (Phi) is 6.26. The topological polar surface area (TPSA) is 28.5 Å². The van der Waals surface area contributed by atoms with Gasteiger partial charge >= 0.3 is 0 Å². The summed E-state index contributed by atoms with van der Waals surface area (Å²) in [6.45, 7) is 8.57. The largest absolute Gasteiger partial charge is 0.271 e. The standard InChI is InChI=1S/C39H27F2N3S/c1-23-29-6-4-5-7-35(29)45-44-22-28(14-19-37(44)42-23)25-10-8-24(9-11-25)26-12-15-31-32-16-13-27(30-17-18-36(40)43-38(30)41)21-34(32)39(2,3)33(31)20-26/h4-22H,1H2,2-3H3. The molecule has 8 rings (SSSR count). The van der Waals surface area contributed by atoms with Crippen LogP contribution in [-0.2, 0) is 5.41 Å². The van der Waals surface area contributed by atoms with Gasteiger partial charge < -0.3 is 0 Å². The Morgan fingerprint density at radius 1 is 0.689 bits per heavy atom. The predicted octanol–water partition coefficient (Wildman–Crippen LogP) is 10.3. The van der Waals surface area contributed by atoms with Gasteiger partial charge in [-0.15, -0.1) is 0 Å². The van der Waals surface area contributed by atoms with E-state index in [1.165, 1.54) is 23.3 Å². The average molecular weight is 608 g/mol. The quantitative estimate of drug-likeness (QED) is 0.151. The molecular weight excluding hydrogens is 581 g/mol. The fourth-order valence-corrected chi connectivity index (χ4v) is 7.46. The van der Waals surface area contributed by atoms with Gasteiger partial charge in [-0.3, -0.25) is 4.31 Å². The number of aliphatic imine (C=N–C) groups is 1. The van der Waals surface area contributed by atoms with Crippen LogP contribution in [0.3, 0.4) is 0 Å². The van der Waals surface area contributed by atoms with Crippen LogP contribution in [0.15, 0.2) is 132 Å². The van der Waals surface area contributed by atoms with Gasteiger partial charge in [0.25, 0.3) is 0 Å². The van der Waals surface area contributed by atoms with E-state index in [0.717, 1.165) is 55.4 Å². The molecule has 1 aliphatic carbocycles. The fourth-order valence-electron chi connectivity index (χ4n) is 6.46. The number of aromatic nitrogens is 1. The van der Waals surface area contributed by atoms with Crippen molar-refractivity contribution in [3.8, 4) is 33.4 Å². The highest BCUT2D eigenvalue weighted by molar-refractivity contribution is 7.97. The van der Waals surface area contributed by atoms with Crippen LogP contribution in [-0.4, -0.2) is 15.1 Å². The Balaban J connectivity index is 1.08. The molecule has 45 heavy (non-hydrogen) atoms. The third-order valence-electron chi connectivity index (χ3n) is 8.89. The number of hydrogen-bond acceptors (Lipinski definition) is 4. The summed E-state index contributed by atoms with van der Waals surface area (Å²) in [4.78, 5) is 9.27. The van der Waals surface area contributed by atoms with Crippen LogP contribution in [0.2, 0.25) is 0 Å². The molecule has 5 aromatic rings. The summed E-state index contributed by atoms with van der Waals surface area (Å²) in [5, 5.41) is 0. The van der Waals surface area contributed by atoms with Gasteiger partial charge in [0, 0.05) is 27.6 Å². The van der Waals surface area contributed by atoms with E-state index in [1.807, 2.05) is 36.4 Å². The maximum atomic E-state index is 14.5. The summed E-state index contributed by atoms with van der Waals surface area (Å²) >= 11 is 1.65. The van der Waals surface area contributed by atoms with Gasteiger partial charge in [0.2, 0.25) is 11.9 Å². The van der Waals surface area contributed by atoms with Gasteiger partial charge in [0.15, 0.2) is 0 Å². The monoisotopic (exact) mass is 607 g/mol. The smallest absolute Gasteiger partial charge is 0.223 e. The minimum atomic E-state index is -0.824. The van der Waals surface area contributed by atoms with Gasteiger partial charge in [0.1, 0.15) is 5.84 Å². The minimum Gasteiger partial charge on any atom is -0.271 e. The second-order valence-electron chi connectivity index (χ2n) is 11.9. The van der Waals surface area contributed by atoms with Crippen molar-refractivity contribution in [2.45, 2.75) is 24.2 Å². The summed E-state index contributed by atoms with van der Waals surface area (Å²) in [6.07, 6.45) is 6.27. The van der Waals surface area contributed by atoms with Crippen molar-refractivity contribution in [3.05, 3.63) is 156 Å². The highest BCUT2D eigenvalue weighted by atomic mass is 32.2. The number of amidine groups is 1. The lowest BCUT2D eigenvalue weighted by molar-refractivity contribution is 0.515. The molecule has 0 atom stereocenters. The van der Waals surface area contributed by atoms with Crippen molar-refractivity contribution in [1.82, 2.24) is 9.29 Å². The number of allylic oxidation sites excluding steroid dienone is 2. The minimum absolute atomic E-state index is 0.294. The first-order valence-corrected chi connectivity index (χ1v) is 15.5. The summed E-state index contributed by atoms with van der Waals surface area (Å²) in [5.74, 6) is -0.770. The molecule has 2 aliphatic heterocycles. The van der Waals surface area contributed by atoms with E-state index in [4.69, 9.17) is 4.99 Å². The zero-order valence-corrected chi connectivity index (χ0v) is 25.5. The van der Waals surface area contributed by atoms with Crippen LogP contribution < -0.4 is 0 Å². The van der Waals surface area contributed by atoms with E-state index in [9.17, 15) is 8.78 Å². The lowest BCUT2D eigenvalue weighted by Crippen LogP contribution is -2.18. The molecule has 0 spiro atoms. The summed E-state index contributed by atoms with van der Waals surface area (Å²) < 4.78 is 30.1. The van der Waals surface area contributed by atoms with Crippen molar-refractivity contribution in [1.29, 1.82) is 0 Å². The average Bonchev–Trinajstić information content (AvgIpc) is 3.16. The van der Waals surface area contributed by atoms with Crippen molar-refractivity contribution in [3.63, 3.8) is 0 Å². The van der Waals surface area contributed by atoms with E-state index >= 15 is 0 Å². The molecule has 0 unspecified atom stereocenters. The van der Waals surface area contributed by atoms with E-state index < -0.39 is 11.9 Å². The number of nitrogens with zero attached hydrogens (tertiary/aromatic N) is 3. The Hall–Kier alpha value is -5.07. The first-order chi connectivity index (χ1) is 21.8. The lowest BCUT2D eigenvalue weighted by atomic mass is 9.81. The number of pyridine rings is 1. The van der Waals surface area contributed by atoms with Crippen LogP contribution in [0.25, 0.3) is 44.7 Å². The van der Waals surface area contributed by atoms with E-state index in [0.29, 0.717) is 11.1 Å². The fraction of sp³-hybridized carbons (Fsp3) is 0.0769. The van der Waals surface area contributed by atoms with E-state index in [2.05, 4.69) is 96.6 Å². The normalized spacial score (nSPS) is 15.8. The van der Waals surface area contributed by atoms with Crippen LogP contribution in [0.1, 0.15) is 36.1 Å². The molecule has 4 aromatic carbocycles. The molecular formula is C39H27F2N3S. The molecule has 0 bridgehead atoms. The van der Waals surface area contributed by atoms with Crippen LogP contribution >= 0.6 is 11.9 Å². The summed E-state index contributed by atoms with van der Waals surface area (Å²) in [6, 6.07) is 32.1. The Bertz CT molecular complexity index is 2160. The van der Waals surface area contributed by atoms with Crippen LogP contribution in [0.4, 0.5) is 8.78 Å². The molecule has 0 saturated carbocycles. The Labute approximate surface area is 265 Å². The molecule has 3 nitrogen and oxygen atoms in total. The molecule has 218 valence electrons. The Morgan fingerprint density at radius 2 is 1.33 bits per heavy atom. The second kappa shape index (κ2) is 10.2. The van der Waals surface area contributed by atoms with Gasteiger partial charge in [-0.2, -0.15) is 13.8 Å². The van der Waals surface area contributed by atoms with E-state index in [1.54, 1.807) is 11.9 Å². The molecule has 0 fully saturated rings. The number of rotatable bonds is 3. The van der Waals surface area contributed by atoms with Gasteiger partial charge in [-0.05, 0) is 105 Å². The maximum absolute atomic E-state index is 14.5. The summed E-state index contributed by atoms with van der Waals surface area (Å²) in [5.41, 5.74) is 11.6. The molecule has 0 radical (unpaired) electrons. The molecule has 3 heterocycles. The first-order valence-electron chi connectivity index (χ1n) is 14.7. The van der Waals surface area contributed by atoms with Gasteiger partial charge in [0.05, 0.1) is 5.70 Å². The highest BCUT2D eigenvalue weighted by Crippen LogP contribution is 2.50. The van der Waals surface area contributed by atoms with Crippen molar-refractivity contribution in [2.24, 2.45) is 4.99 Å². The molecule has 0 saturated heterocycles. The zero-order valence-electron chi connectivity index (χ0n) is 24.7. The highest BCUT2D eigenvalue weighted by Gasteiger charge is 2.36. The van der Waals surface area contributed by atoms with Crippen LogP contribution in [0, 0.1) is 11.9 Å². The molecule has 6 heteroatoms. The van der Waals surface area contributed by atoms with Crippen molar-refractivity contribution < 1.29 is 8.78 Å². The van der Waals surface area contributed by atoms with Gasteiger partial charge in [-0.25, -0.2) is 4.99 Å². The Morgan fingerprint density at radius 3 is 2.09 bits per heavy atom. The number of halogens is 2. The molecule has 3 aliphatic rings. The molecule has 0 amide bonds. The zero-order chi connectivity index (χ0) is 30.9. The van der Waals surface area contributed by atoms with Crippen LogP contribution in [0.5, 0.6) is 0 Å². The SMILES string of the molecule is C=C1N=C2C=CC(c3ccc(-c4ccc5c(c4)C(C)(C)c4cc(-c6ccc(F)nc6F)ccc4-5)cc3)=CN2Sc2ccccc21. The predicted molar refractivity (Wildman–Crippen MR) is 180 cm³/mol. The first kappa shape index (κ1) is 27.5. The molecule has 0 N–H and O–H groups in total.